The van der Waals surface area contributed by atoms with Crippen molar-refractivity contribution in [1.82, 2.24) is 19.6 Å². The molecule has 0 aliphatic heterocycles. The first-order valence-corrected chi connectivity index (χ1v) is 14.0. The summed E-state index contributed by atoms with van der Waals surface area (Å²) in [6, 6.07) is 7.84. The van der Waals surface area contributed by atoms with Gasteiger partial charge in [-0.25, -0.2) is 18.3 Å². The molecule has 0 bridgehead atoms. The molecular weight excluding hydrogens is 512 g/mol. The number of nitrogens with zero attached hydrogens (tertiary/aromatic N) is 4. The van der Waals surface area contributed by atoms with Crippen molar-refractivity contribution in [2.75, 3.05) is 7.11 Å². The average molecular weight is 548 g/mol. The van der Waals surface area contributed by atoms with E-state index in [4.69, 9.17) is 10.5 Å². The normalized spacial score (nSPS) is 24.6. The Balaban J connectivity index is 1.32. The number of aromatic nitrogens is 4. The number of pyridine rings is 1. The lowest BCUT2D eigenvalue weighted by atomic mass is 9.74. The highest BCUT2D eigenvalue weighted by molar-refractivity contribution is 5.63. The molecule has 9 heteroatoms. The van der Waals surface area contributed by atoms with Gasteiger partial charge in [0.15, 0.2) is 0 Å². The van der Waals surface area contributed by atoms with E-state index in [1.165, 1.54) is 17.7 Å². The quantitative estimate of drug-likeness (QED) is 0.341. The number of ether oxygens (including phenoxy) is 1. The zero-order valence-electron chi connectivity index (χ0n) is 22.9. The van der Waals surface area contributed by atoms with Gasteiger partial charge in [-0.2, -0.15) is 5.10 Å². The second-order valence-electron chi connectivity index (χ2n) is 11.5. The standard InChI is InChI=1S/C31H35F2N5O2/c1-18-11-19(12-26(34)30(18)40-2)23-7-10-35-16-20(23)13-28-36-17-22-5-6-27(37-38(22)28)29-24(32)14-21(15-25(29)33)31(39)8-3-4-9-31/h5-7,10,14-19,26,30,39H,3-4,8-9,11-13,34H2,1-2H3/t18-,19+,26+,30+/m0/s1. The molecule has 0 amide bonds. The maximum Gasteiger partial charge on any atom is 0.136 e. The Hall–Kier alpha value is -3.27. The topological polar surface area (TPSA) is 98.6 Å². The lowest BCUT2D eigenvalue weighted by molar-refractivity contribution is 0.00970. The second kappa shape index (κ2) is 10.6. The largest absolute Gasteiger partial charge is 0.385 e. The van der Waals surface area contributed by atoms with Gasteiger partial charge in [0.1, 0.15) is 17.5 Å². The summed E-state index contributed by atoms with van der Waals surface area (Å²) in [7, 11) is 1.72. The molecule has 1 aromatic carbocycles. The average Bonchev–Trinajstić information content (AvgIpc) is 3.55. The Morgan fingerprint density at radius 2 is 1.85 bits per heavy atom. The van der Waals surface area contributed by atoms with Crippen LogP contribution in [0.2, 0.25) is 0 Å². The van der Waals surface area contributed by atoms with Gasteiger partial charge in [0.25, 0.3) is 0 Å². The van der Waals surface area contributed by atoms with E-state index in [2.05, 4.69) is 22.0 Å². The van der Waals surface area contributed by atoms with Crippen molar-refractivity contribution in [3.63, 3.8) is 0 Å². The van der Waals surface area contributed by atoms with Crippen LogP contribution in [0.5, 0.6) is 0 Å². The first-order chi connectivity index (χ1) is 19.3. The van der Waals surface area contributed by atoms with E-state index in [1.807, 2.05) is 12.3 Å². The van der Waals surface area contributed by atoms with Crippen LogP contribution in [-0.2, 0) is 16.8 Å². The number of fused-ring (bicyclic) bond motifs is 1. The van der Waals surface area contributed by atoms with Crippen LogP contribution in [0.3, 0.4) is 0 Å². The second-order valence-corrected chi connectivity index (χ2v) is 11.5. The molecule has 2 aliphatic rings. The molecule has 6 rings (SSSR count). The molecular formula is C31H35F2N5O2. The van der Waals surface area contributed by atoms with Gasteiger partial charge < -0.3 is 15.6 Å². The minimum absolute atomic E-state index is 0.0383. The van der Waals surface area contributed by atoms with E-state index in [9.17, 15) is 5.11 Å². The maximum atomic E-state index is 15.3. The molecule has 4 aromatic rings. The highest BCUT2D eigenvalue weighted by Crippen LogP contribution is 2.41. The first-order valence-electron chi connectivity index (χ1n) is 14.0. The molecule has 2 fully saturated rings. The molecule has 3 N–H and O–H groups in total. The summed E-state index contributed by atoms with van der Waals surface area (Å²) in [6.45, 7) is 2.17. The third-order valence-electron chi connectivity index (χ3n) is 8.92. The van der Waals surface area contributed by atoms with Crippen LogP contribution < -0.4 is 5.73 Å². The fourth-order valence-electron chi connectivity index (χ4n) is 6.90. The van der Waals surface area contributed by atoms with E-state index in [0.717, 1.165) is 36.8 Å². The smallest absolute Gasteiger partial charge is 0.136 e. The molecule has 0 spiro atoms. The van der Waals surface area contributed by atoms with Crippen molar-refractivity contribution < 1.29 is 18.6 Å². The third kappa shape index (κ3) is 4.80. The van der Waals surface area contributed by atoms with Crippen LogP contribution in [0.15, 0.2) is 48.9 Å². The number of rotatable bonds is 6. The zero-order chi connectivity index (χ0) is 28.0. The molecule has 40 heavy (non-hydrogen) atoms. The zero-order valence-corrected chi connectivity index (χ0v) is 22.9. The van der Waals surface area contributed by atoms with Gasteiger partial charge in [-0.05, 0) is 84.5 Å². The van der Waals surface area contributed by atoms with Crippen molar-refractivity contribution in [3.8, 4) is 11.3 Å². The van der Waals surface area contributed by atoms with Gasteiger partial charge in [0.05, 0.1) is 34.7 Å². The molecule has 2 aliphatic carbocycles. The van der Waals surface area contributed by atoms with Crippen LogP contribution in [0.4, 0.5) is 8.78 Å². The number of halogens is 2. The highest BCUT2D eigenvalue weighted by Gasteiger charge is 2.36. The van der Waals surface area contributed by atoms with Crippen LogP contribution in [-0.4, -0.2) is 43.9 Å². The lowest BCUT2D eigenvalue weighted by Gasteiger charge is -2.38. The third-order valence-corrected chi connectivity index (χ3v) is 8.92. The Labute approximate surface area is 232 Å². The summed E-state index contributed by atoms with van der Waals surface area (Å²) in [6.07, 6.45) is 10.3. The Morgan fingerprint density at radius 1 is 1.10 bits per heavy atom. The minimum Gasteiger partial charge on any atom is -0.385 e. The van der Waals surface area contributed by atoms with E-state index in [1.54, 1.807) is 36.2 Å². The lowest BCUT2D eigenvalue weighted by Crippen LogP contribution is -2.45. The van der Waals surface area contributed by atoms with Crippen molar-refractivity contribution in [2.45, 2.75) is 75.5 Å². The summed E-state index contributed by atoms with van der Waals surface area (Å²) < 4.78 is 37.9. The van der Waals surface area contributed by atoms with Crippen molar-refractivity contribution in [1.29, 1.82) is 0 Å². The maximum absolute atomic E-state index is 15.3. The molecule has 3 aromatic heterocycles. The molecule has 210 valence electrons. The van der Waals surface area contributed by atoms with Gasteiger partial charge in [-0.3, -0.25) is 4.98 Å². The summed E-state index contributed by atoms with van der Waals surface area (Å²) in [5.74, 6) is -0.250. The van der Waals surface area contributed by atoms with E-state index >= 15 is 8.78 Å². The van der Waals surface area contributed by atoms with E-state index < -0.39 is 17.2 Å². The fourth-order valence-corrected chi connectivity index (χ4v) is 6.90. The molecule has 0 saturated heterocycles. The molecule has 0 radical (unpaired) electrons. The van der Waals surface area contributed by atoms with Gasteiger partial charge in [0.2, 0.25) is 0 Å². The minimum atomic E-state index is -1.18. The molecule has 3 heterocycles. The van der Waals surface area contributed by atoms with Gasteiger partial charge in [0, 0.05) is 32.0 Å². The molecule has 4 atom stereocenters. The SMILES string of the molecule is CO[C@H]1[C@H](N)C[C@H](c2ccncc2Cc2ncc3ccc(-c4c(F)cc(C5(O)CCCC5)cc4F)nn23)C[C@@H]1C. The number of methoxy groups -OCH3 is 1. The molecule has 2 saturated carbocycles. The van der Waals surface area contributed by atoms with Gasteiger partial charge in [-0.15, -0.1) is 0 Å². The van der Waals surface area contributed by atoms with Crippen LogP contribution in [0, 0.1) is 17.6 Å². The van der Waals surface area contributed by atoms with Crippen LogP contribution in [0.1, 0.15) is 73.9 Å². The molecule has 7 nitrogen and oxygen atoms in total. The van der Waals surface area contributed by atoms with Crippen LogP contribution in [0.25, 0.3) is 16.8 Å². The number of hydrogen-bond donors (Lipinski definition) is 2. The van der Waals surface area contributed by atoms with Crippen molar-refractivity contribution >= 4 is 5.52 Å². The van der Waals surface area contributed by atoms with Gasteiger partial charge >= 0.3 is 0 Å². The van der Waals surface area contributed by atoms with Crippen molar-refractivity contribution in [2.24, 2.45) is 11.7 Å². The van der Waals surface area contributed by atoms with E-state index in [-0.39, 0.29) is 34.9 Å². The number of imidazole rings is 1. The Kier molecular flexibility index (Phi) is 7.14. The number of aliphatic hydroxyl groups is 1. The fraction of sp³-hybridized carbons (Fsp3) is 0.452. The van der Waals surface area contributed by atoms with Gasteiger partial charge in [-0.1, -0.05) is 19.8 Å². The molecule has 0 unspecified atom stereocenters. The number of hydrogen-bond acceptors (Lipinski definition) is 6. The summed E-state index contributed by atoms with van der Waals surface area (Å²) in [5.41, 5.74) is 8.45. The Morgan fingerprint density at radius 3 is 2.55 bits per heavy atom. The van der Waals surface area contributed by atoms with E-state index in [0.29, 0.717) is 31.0 Å². The first kappa shape index (κ1) is 26.9. The Bertz CT molecular complexity index is 1500. The van der Waals surface area contributed by atoms with Crippen molar-refractivity contribution in [3.05, 3.63) is 83.1 Å². The predicted octanol–water partition coefficient (Wildman–Crippen LogP) is 5.28. The highest BCUT2D eigenvalue weighted by atomic mass is 19.1. The monoisotopic (exact) mass is 547 g/mol. The number of benzene rings is 1. The number of nitrogens with two attached hydrogens (primary N) is 1. The summed E-state index contributed by atoms with van der Waals surface area (Å²) in [4.78, 5) is 8.97. The summed E-state index contributed by atoms with van der Waals surface area (Å²) >= 11 is 0. The van der Waals surface area contributed by atoms with Crippen LogP contribution >= 0.6 is 0 Å². The predicted molar refractivity (Wildman–Crippen MR) is 148 cm³/mol. The summed E-state index contributed by atoms with van der Waals surface area (Å²) in [5, 5.41) is 15.5.